The maximum atomic E-state index is 11.7. The number of nitrogens with zero attached hydrogens (tertiary/aromatic N) is 2. The van der Waals surface area contributed by atoms with Crippen molar-refractivity contribution >= 4 is 17.6 Å². The average Bonchev–Trinajstić information content (AvgIpc) is 2.25. The maximum absolute atomic E-state index is 11.7. The monoisotopic (exact) mass is 271 g/mol. The fourth-order valence-electron chi connectivity index (χ4n) is 1.48. The molecule has 1 aromatic heterocycles. The number of urea groups is 1. The van der Waals surface area contributed by atoms with Crippen LogP contribution < -0.4 is 5.32 Å². The quantitative estimate of drug-likeness (QED) is 0.819. The van der Waals surface area contributed by atoms with Gasteiger partial charge in [-0.05, 0) is 25.5 Å². The highest BCUT2D eigenvalue weighted by Crippen LogP contribution is 2.06. The first-order valence-electron chi connectivity index (χ1n) is 5.60. The van der Waals surface area contributed by atoms with E-state index in [1.54, 1.807) is 39.2 Å². The molecule has 0 atom stereocenters. The Kier molecular flexibility index (Phi) is 4.93. The molecule has 1 rings (SSSR count). The van der Waals surface area contributed by atoms with Gasteiger partial charge in [-0.15, -0.1) is 0 Å². The highest BCUT2D eigenvalue weighted by atomic mass is 35.5. The summed E-state index contributed by atoms with van der Waals surface area (Å²) in [6, 6.07) is 3.22. The second-order valence-electron chi connectivity index (χ2n) is 4.82. The summed E-state index contributed by atoms with van der Waals surface area (Å²) in [6.45, 7) is 3.94. The molecule has 0 aliphatic heterocycles. The Morgan fingerprint density at radius 1 is 1.56 bits per heavy atom. The van der Waals surface area contributed by atoms with Gasteiger partial charge in [-0.3, -0.25) is 0 Å². The lowest BCUT2D eigenvalue weighted by atomic mass is 10.1. The number of nitrogens with one attached hydrogen (secondary N) is 1. The van der Waals surface area contributed by atoms with E-state index in [1.807, 2.05) is 0 Å². The van der Waals surface area contributed by atoms with Gasteiger partial charge in [0.25, 0.3) is 0 Å². The average molecular weight is 272 g/mol. The molecule has 1 heterocycles. The number of rotatable bonds is 4. The van der Waals surface area contributed by atoms with E-state index in [2.05, 4.69) is 10.3 Å². The summed E-state index contributed by atoms with van der Waals surface area (Å²) in [5.41, 5.74) is -0.0436. The molecule has 0 unspecified atom stereocenters. The third kappa shape index (κ3) is 5.33. The third-order valence-corrected chi connectivity index (χ3v) is 2.43. The molecule has 0 aromatic carbocycles. The van der Waals surface area contributed by atoms with Crippen molar-refractivity contribution in [2.75, 3.05) is 13.6 Å². The Hall–Kier alpha value is -1.33. The molecule has 0 aliphatic rings. The Morgan fingerprint density at radius 3 is 2.72 bits per heavy atom. The normalized spacial score (nSPS) is 11.2. The predicted molar refractivity (Wildman–Crippen MR) is 70.4 cm³/mol. The van der Waals surface area contributed by atoms with E-state index in [0.29, 0.717) is 11.7 Å². The van der Waals surface area contributed by atoms with Crippen LogP contribution in [-0.4, -0.2) is 40.2 Å². The van der Waals surface area contributed by atoms with Crippen molar-refractivity contribution in [2.24, 2.45) is 0 Å². The predicted octanol–water partition coefficient (Wildman–Crippen LogP) is 1.65. The van der Waals surface area contributed by atoms with E-state index >= 15 is 0 Å². The maximum Gasteiger partial charge on any atom is 0.317 e. The molecular weight excluding hydrogens is 254 g/mol. The van der Waals surface area contributed by atoms with Gasteiger partial charge in [0.05, 0.1) is 12.1 Å². The molecule has 6 heteroatoms. The van der Waals surface area contributed by atoms with Crippen LogP contribution >= 0.6 is 11.6 Å². The van der Waals surface area contributed by atoms with E-state index in [0.717, 1.165) is 5.56 Å². The number of pyridine rings is 1. The Labute approximate surface area is 112 Å². The highest BCUT2D eigenvalue weighted by molar-refractivity contribution is 6.29. The van der Waals surface area contributed by atoms with Crippen molar-refractivity contribution in [3.8, 4) is 0 Å². The van der Waals surface area contributed by atoms with Crippen LogP contribution in [-0.2, 0) is 6.54 Å². The standard InChI is InChI=1S/C12H18ClN3O2/c1-12(2,18)8-16(3)11(17)15-7-9-4-5-10(13)14-6-9/h4-6,18H,7-8H2,1-3H3,(H,15,17). The molecule has 0 fully saturated rings. The van der Waals surface area contributed by atoms with Crippen molar-refractivity contribution in [3.05, 3.63) is 29.0 Å². The van der Waals surface area contributed by atoms with E-state index in [-0.39, 0.29) is 12.6 Å². The van der Waals surface area contributed by atoms with Crippen LogP contribution in [0.2, 0.25) is 5.15 Å². The van der Waals surface area contributed by atoms with Crippen LogP contribution in [0, 0.1) is 0 Å². The van der Waals surface area contributed by atoms with Crippen LogP contribution in [0.5, 0.6) is 0 Å². The Balaban J connectivity index is 2.43. The van der Waals surface area contributed by atoms with Crippen molar-refractivity contribution in [2.45, 2.75) is 26.0 Å². The molecule has 0 radical (unpaired) electrons. The number of hydrogen-bond acceptors (Lipinski definition) is 3. The van der Waals surface area contributed by atoms with Crippen molar-refractivity contribution in [1.29, 1.82) is 0 Å². The first kappa shape index (κ1) is 14.7. The molecule has 0 spiro atoms. The third-order valence-electron chi connectivity index (χ3n) is 2.20. The van der Waals surface area contributed by atoms with E-state index < -0.39 is 5.60 Å². The molecular formula is C12H18ClN3O2. The van der Waals surface area contributed by atoms with Crippen LogP contribution in [0.15, 0.2) is 18.3 Å². The summed E-state index contributed by atoms with van der Waals surface area (Å²) in [6.07, 6.45) is 1.61. The van der Waals surface area contributed by atoms with Crippen molar-refractivity contribution in [1.82, 2.24) is 15.2 Å². The molecule has 2 amide bonds. The van der Waals surface area contributed by atoms with Crippen molar-refractivity contribution in [3.63, 3.8) is 0 Å². The molecule has 0 aliphatic carbocycles. The first-order chi connectivity index (χ1) is 8.28. The van der Waals surface area contributed by atoms with Gasteiger partial charge >= 0.3 is 6.03 Å². The summed E-state index contributed by atoms with van der Waals surface area (Å²) in [4.78, 5) is 17.1. The zero-order chi connectivity index (χ0) is 13.8. The molecule has 0 saturated heterocycles. The van der Waals surface area contributed by atoms with E-state index in [4.69, 9.17) is 11.6 Å². The van der Waals surface area contributed by atoms with E-state index in [9.17, 15) is 9.90 Å². The van der Waals surface area contributed by atoms with Gasteiger partial charge < -0.3 is 15.3 Å². The topological polar surface area (TPSA) is 65.5 Å². The summed E-state index contributed by atoms with van der Waals surface area (Å²) >= 11 is 5.66. The summed E-state index contributed by atoms with van der Waals surface area (Å²) in [5.74, 6) is 0. The fraction of sp³-hybridized carbons (Fsp3) is 0.500. The van der Waals surface area contributed by atoms with Gasteiger partial charge in [-0.2, -0.15) is 0 Å². The molecule has 100 valence electrons. The molecule has 5 nitrogen and oxygen atoms in total. The van der Waals surface area contributed by atoms with Gasteiger partial charge in [0.2, 0.25) is 0 Å². The summed E-state index contributed by atoms with van der Waals surface area (Å²) < 4.78 is 0. The van der Waals surface area contributed by atoms with Gasteiger partial charge in [0.15, 0.2) is 0 Å². The number of aliphatic hydroxyl groups is 1. The van der Waals surface area contributed by atoms with E-state index in [1.165, 1.54) is 4.90 Å². The largest absolute Gasteiger partial charge is 0.389 e. The lowest BCUT2D eigenvalue weighted by molar-refractivity contribution is 0.0531. The van der Waals surface area contributed by atoms with Crippen LogP contribution in [0.25, 0.3) is 0 Å². The second kappa shape index (κ2) is 6.02. The lowest BCUT2D eigenvalue weighted by Gasteiger charge is -2.25. The zero-order valence-electron chi connectivity index (χ0n) is 10.8. The van der Waals surface area contributed by atoms with Gasteiger partial charge in [0.1, 0.15) is 5.15 Å². The SMILES string of the molecule is CN(CC(C)(C)O)C(=O)NCc1ccc(Cl)nc1. The molecule has 18 heavy (non-hydrogen) atoms. The Bertz CT molecular complexity index is 401. The fourth-order valence-corrected chi connectivity index (χ4v) is 1.59. The number of aromatic nitrogens is 1. The summed E-state index contributed by atoms with van der Waals surface area (Å²) in [5, 5.41) is 12.8. The minimum atomic E-state index is -0.909. The van der Waals surface area contributed by atoms with Crippen LogP contribution in [0.3, 0.4) is 0 Å². The summed E-state index contributed by atoms with van der Waals surface area (Å²) in [7, 11) is 1.63. The number of carbonyl (C=O) groups is 1. The smallest absolute Gasteiger partial charge is 0.317 e. The van der Waals surface area contributed by atoms with Gasteiger partial charge in [-0.25, -0.2) is 9.78 Å². The molecule has 1 aromatic rings. The number of amides is 2. The molecule has 0 saturated carbocycles. The molecule has 2 N–H and O–H groups in total. The van der Waals surface area contributed by atoms with Gasteiger partial charge in [0, 0.05) is 19.8 Å². The lowest BCUT2D eigenvalue weighted by Crippen LogP contribution is -2.44. The van der Waals surface area contributed by atoms with Crippen LogP contribution in [0.4, 0.5) is 4.79 Å². The first-order valence-corrected chi connectivity index (χ1v) is 5.97. The minimum absolute atomic E-state index is 0.243. The van der Waals surface area contributed by atoms with Gasteiger partial charge in [-0.1, -0.05) is 17.7 Å². The highest BCUT2D eigenvalue weighted by Gasteiger charge is 2.18. The Morgan fingerprint density at radius 2 is 2.22 bits per heavy atom. The molecule has 0 bridgehead atoms. The minimum Gasteiger partial charge on any atom is -0.389 e. The number of hydrogen-bond donors (Lipinski definition) is 2. The number of carbonyl (C=O) groups excluding carboxylic acids is 1. The van der Waals surface area contributed by atoms with Crippen LogP contribution in [0.1, 0.15) is 19.4 Å². The second-order valence-corrected chi connectivity index (χ2v) is 5.20. The van der Waals surface area contributed by atoms with Crippen molar-refractivity contribution < 1.29 is 9.90 Å². The zero-order valence-corrected chi connectivity index (χ0v) is 11.5. The number of halogens is 1. The number of likely N-dealkylation sites (N-methyl/N-ethyl adjacent to an activating group) is 1.